The van der Waals surface area contributed by atoms with Gasteiger partial charge in [-0.05, 0) is 148 Å². The van der Waals surface area contributed by atoms with Crippen molar-refractivity contribution in [1.29, 1.82) is 6.77 Å². The van der Waals surface area contributed by atoms with Crippen LogP contribution in [0.4, 0.5) is 0 Å². The van der Waals surface area contributed by atoms with Crippen LogP contribution in [0.15, 0.2) is 39.1 Å². The summed E-state index contributed by atoms with van der Waals surface area (Å²) >= 11 is 16.3. The molecule has 82 heavy (non-hydrogen) atoms. The fraction of sp³-hybridized carbons (Fsp3) is 0.746. The maximum atomic E-state index is 12.4. The van der Waals surface area contributed by atoms with E-state index in [1.165, 1.54) is 84.6 Å². The second-order valence-corrected chi connectivity index (χ2v) is 21.6. The van der Waals surface area contributed by atoms with Gasteiger partial charge in [0.1, 0.15) is 40.6 Å². The normalized spacial score (nSPS) is 29.6. The van der Waals surface area contributed by atoms with Gasteiger partial charge in [0.05, 0.1) is 18.0 Å². The smallest absolute Gasteiger partial charge is 0.870 e. The Morgan fingerprint density at radius 3 is 1.50 bits per heavy atom. The third kappa shape index (κ3) is 43.6. The van der Waals surface area contributed by atoms with Gasteiger partial charge < -0.3 is 20.6 Å². The molecule has 5 aliphatic carbocycles. The van der Waals surface area contributed by atoms with E-state index in [2.05, 4.69) is 42.6 Å². The van der Waals surface area contributed by atoms with Gasteiger partial charge in [-0.25, -0.2) is 13.8 Å². The predicted octanol–water partition coefficient (Wildman–Crippen LogP) is 6.36. The van der Waals surface area contributed by atoms with Crippen LogP contribution in [0.2, 0.25) is 0 Å². The molecule has 2 aliphatic heterocycles. The molecule has 0 atom stereocenters. The fourth-order valence-electron chi connectivity index (χ4n) is 7.33. The van der Waals surface area contributed by atoms with Crippen LogP contribution >= 0.6 is 57.4 Å². The van der Waals surface area contributed by atoms with E-state index >= 15 is 0 Å². The number of amidine groups is 1. The van der Waals surface area contributed by atoms with Crippen LogP contribution in [0.3, 0.4) is 0 Å². The number of ketones is 6. The number of benzene rings is 1. The van der Waals surface area contributed by atoms with Crippen LogP contribution < -0.4 is 48.4 Å². The van der Waals surface area contributed by atoms with Crippen molar-refractivity contribution >= 4 is 128 Å². The van der Waals surface area contributed by atoms with Crippen molar-refractivity contribution in [1.82, 2.24) is 4.90 Å². The van der Waals surface area contributed by atoms with Gasteiger partial charge in [0.2, 0.25) is 1.43 Å². The molecule has 2 heterocycles. The number of hydrogen-bond donors (Lipinski definition) is 2. The van der Waals surface area contributed by atoms with Crippen molar-refractivity contribution in [2.24, 2.45) is 39.6 Å². The predicted molar refractivity (Wildman–Crippen MR) is 342 cm³/mol. The maximum absolute atomic E-state index is 12.4. The molecule has 1 aromatic carbocycles. The molecule has 5 saturated carbocycles. The number of Topliss-reactive ketones (excluding diaryl/α,β-unsaturated/α-hetero) is 6. The van der Waals surface area contributed by atoms with E-state index in [1.807, 2.05) is 11.9 Å². The van der Waals surface area contributed by atoms with E-state index in [0.717, 1.165) is 24.9 Å². The third-order valence-electron chi connectivity index (χ3n) is 12.1. The fourth-order valence-corrected chi connectivity index (χ4v) is 8.33. The Labute approximate surface area is 595 Å². The van der Waals surface area contributed by atoms with Crippen molar-refractivity contribution < 1.29 is 135 Å². The average Bonchev–Trinajstić information content (AvgIpc) is 0.745. The molecule has 0 aromatic heterocycles. The van der Waals surface area contributed by atoms with Gasteiger partial charge in [-0.2, -0.15) is 0 Å². The quantitative estimate of drug-likeness (QED) is 0.164. The number of hydrogen-bond acceptors (Lipinski definition) is 14. The molecule has 0 bridgehead atoms. The Morgan fingerprint density at radius 2 is 1.10 bits per heavy atom. The minimum absolute atomic E-state index is 0. The van der Waals surface area contributed by atoms with Crippen LogP contribution in [-0.4, -0.2) is 138 Å². The van der Waals surface area contributed by atoms with Gasteiger partial charge >= 0.3 is 54.4 Å². The molecule has 6 fully saturated rings. The van der Waals surface area contributed by atoms with Crippen LogP contribution in [0.1, 0.15) is 236 Å². The monoisotopic (exact) mass is 1380 g/mol. The Kier molecular flexibility index (Phi) is 34.3. The number of carboxylic acids is 1. The Bertz CT molecular complexity index is 3040. The molecular formula is C59H102BCl3ILiN3NaO12S. The summed E-state index contributed by atoms with van der Waals surface area (Å²) in [6.45, 7) is 10.9. The second kappa shape index (κ2) is 55.3. The molecule has 15 nitrogen and oxygen atoms in total. The van der Waals surface area contributed by atoms with Crippen molar-refractivity contribution in [3.63, 3.8) is 0 Å². The van der Waals surface area contributed by atoms with Crippen LogP contribution in [-0.2, 0) is 43.4 Å². The van der Waals surface area contributed by atoms with Gasteiger partial charge in [-0.3, -0.25) is 43.5 Å². The maximum Gasteiger partial charge on any atom is 1.00 e. The summed E-state index contributed by atoms with van der Waals surface area (Å²) in [5.41, 5.74) is 0.466. The summed E-state index contributed by atoms with van der Waals surface area (Å²) in [5.74, 6) is -5.05. The first kappa shape index (κ1) is 50.8. The number of carbonyl (C=O) groups is 7. The van der Waals surface area contributed by atoms with Crippen LogP contribution in [0.5, 0.6) is 0 Å². The number of rotatable bonds is 8. The Morgan fingerprint density at radius 1 is 0.720 bits per heavy atom. The minimum Gasteiger partial charge on any atom is -0.870 e. The number of halogens is 4. The first-order chi connectivity index (χ1) is 46.6. The first-order valence-corrected chi connectivity index (χ1v) is 29.9. The number of alkyl halides is 4. The number of carboxylic acid groups (broad SMARTS) is 1. The van der Waals surface area contributed by atoms with E-state index in [9.17, 15) is 42.0 Å². The molecule has 464 valence electrons. The van der Waals surface area contributed by atoms with Crippen molar-refractivity contribution in [2.45, 2.75) is 218 Å². The number of aliphatic imine (C=N–C) groups is 2. The first-order valence-electron chi connectivity index (χ1n) is 38.2. The Hall–Kier alpha value is -1.02. The largest absolute Gasteiger partial charge is 1.00 e. The third-order valence-corrected chi connectivity index (χ3v) is 13.5. The number of aryl methyl sites for hydroxylation is 1. The van der Waals surface area contributed by atoms with Crippen LogP contribution in [0.25, 0.3) is 0 Å². The molecule has 0 radical (unpaired) electrons. The van der Waals surface area contributed by atoms with Crippen LogP contribution in [0, 0.1) is 36.5 Å². The molecule has 0 spiro atoms. The second-order valence-electron chi connectivity index (χ2n) is 17.9. The van der Waals surface area contributed by atoms with Gasteiger partial charge in [-0.1, -0.05) is 129 Å². The number of carbonyl (C=O) groups excluding carboxylic acids is 6. The molecular weight excluding hydrogens is 1250 g/mol. The number of aliphatic carboxylic acids is 1. The summed E-state index contributed by atoms with van der Waals surface area (Å²) in [5, 5.41) is 12.2. The summed E-state index contributed by atoms with van der Waals surface area (Å²) in [6.07, 6.45) is -17.7. The number of aliphatic hydroxyl groups is 1. The number of fused-ring (bicyclic) bond motifs is 1. The summed E-state index contributed by atoms with van der Waals surface area (Å²) < 4.78 is 210. The minimum atomic E-state index is -3.79. The molecule has 0 unspecified atom stereocenters. The van der Waals surface area contributed by atoms with E-state index < -0.39 is 146 Å². The van der Waals surface area contributed by atoms with Gasteiger partial charge in [0, 0.05) is 116 Å². The SMILES string of the molecule is C.C1CCN2CCCN=C2C1.CC(=O)C1CCC(=O)CC1.CI.[2H]C(Cl)(Cl)Cl.[2H]C1([2H])CC(C(=O)O)CC([2H])([2H])C1([2H])[2H].[2H]C1([2H])CC(C(C)=O)CC([2H])([2H])C1([2H])[2H].[2H]C1([2H])CC(C(C)=O)CC([2H])([2H])C1=NCS(=O)(=O)c1ccc(C)cc1.[2H]C1([2H])CC(C(C)=O)CC([2H])([2H])C1=O.[2H]OC.[2H][B-]([2H])([2H])[2H].[Li+].[Na+].[OH-]. The number of sulfone groups is 1. The Balaban J connectivity index is -0.000000282. The molecule has 1 saturated heterocycles. The van der Waals surface area contributed by atoms with Gasteiger partial charge in [-0.15, -0.1) is 0 Å². The van der Waals surface area contributed by atoms with E-state index in [-0.39, 0.29) is 134 Å². The molecule has 0 amide bonds. The number of aliphatic hydroxyl groups excluding tert-OH is 1. The van der Waals surface area contributed by atoms with Crippen molar-refractivity contribution in [2.75, 3.05) is 37.6 Å². The van der Waals surface area contributed by atoms with E-state index in [1.54, 1.807) is 19.1 Å². The molecule has 8 rings (SSSR count). The number of nitrogens with zero attached hydrogens (tertiary/aromatic N) is 3. The summed E-state index contributed by atoms with van der Waals surface area (Å²) in [7, 11) is -5.50. The molecule has 1 aromatic rings. The zero-order chi connectivity index (χ0) is 82.4. The van der Waals surface area contributed by atoms with E-state index in [4.69, 9.17) is 75.5 Å². The van der Waals surface area contributed by atoms with E-state index in [0.29, 0.717) is 18.6 Å². The average molecular weight is 1380 g/mol. The zero-order valence-electron chi connectivity index (χ0n) is 74.2. The topological polar surface area (TPSA) is 252 Å². The van der Waals surface area contributed by atoms with Gasteiger partial charge in [0.15, 0.2) is 14.1 Å². The van der Waals surface area contributed by atoms with Gasteiger partial charge in [0.25, 0.3) is 0 Å². The number of piperidine rings is 1. The van der Waals surface area contributed by atoms with Crippen molar-refractivity contribution in [3.8, 4) is 0 Å². The molecule has 7 aliphatic rings. The molecule has 23 heteroatoms. The zero-order valence-corrected chi connectivity index (χ0v) is 55.4. The van der Waals surface area contributed by atoms with Crippen molar-refractivity contribution in [3.05, 3.63) is 29.8 Å². The standard InChI is InChI=1S/C16H21NO3S.C8H14N2.2C8H12O2.C8H14O.C7H12O2.CHCl3.CH3I.CH4O.CH4.BH4.Li.Na.H2O/c1-12-3-9-16(10-4-12)21(19,20)11-17-15-7-5-14(6-8-15)13(2)18;1-2-6-10-7-3-5-9-8(10)4-1;2*1-6(9)7-2-4-8(10)5-3-7;1-7(9)8-5-3-2-4-6-8;8-7(9)6-4-2-1-3-5-6;2-1(3)4;2*1-2;;;;;/h3-4,9-10,14H,5-8,11H2,1-2H3;1-7H2;2*7H,2-5H2,1H3;8H,2-6H2,1H3;6H,1-5H2,(H,8,9);1H;1H3;2H,1H3;2*1H4;;;1H2/q;;;;;;;;;;-1;2*+1;/p-1/i7D2,8D2;;4D2,5D2;;2D2,3D2,4D2;1D2,2D2,3D2;1D;;2D;;1D4;;;. The summed E-state index contributed by atoms with van der Waals surface area (Å²) in [6, 6.07) is 6.19. The molecule has 3 N–H and O–H groups in total. The summed E-state index contributed by atoms with van der Waals surface area (Å²) in [4.78, 5) is 90.0.